The van der Waals surface area contributed by atoms with Crippen molar-refractivity contribution in [1.29, 1.82) is 0 Å². The second-order valence-electron chi connectivity index (χ2n) is 4.18. The maximum absolute atomic E-state index is 11.8. The number of aryl methyl sites for hydroxylation is 1. The third-order valence-electron chi connectivity index (χ3n) is 2.78. The molecule has 0 saturated heterocycles. The number of aliphatic hydroxyl groups is 1. The Kier molecular flexibility index (Phi) is 3.11. The Morgan fingerprint density at radius 1 is 1.47 bits per heavy atom. The molecule has 1 heterocycles. The molecule has 3 heteroatoms. The van der Waals surface area contributed by atoms with Crippen LogP contribution in [0.2, 0.25) is 0 Å². The number of fused-ring (bicyclic) bond motifs is 1. The Hall–Kier alpha value is -1.87. The Bertz CT molecular complexity index is 613. The summed E-state index contributed by atoms with van der Waals surface area (Å²) in [4.78, 5) is 14.6. The van der Waals surface area contributed by atoms with E-state index in [2.05, 4.69) is 11.6 Å². The summed E-state index contributed by atoms with van der Waals surface area (Å²) in [5.74, 6) is 0. The molecule has 0 aliphatic rings. The number of aliphatic hydroxyl groups excluding tert-OH is 1. The second kappa shape index (κ2) is 4.55. The summed E-state index contributed by atoms with van der Waals surface area (Å²) in [7, 11) is 0. The summed E-state index contributed by atoms with van der Waals surface area (Å²) in [6, 6.07) is 7.54. The van der Waals surface area contributed by atoms with E-state index in [1.54, 1.807) is 12.1 Å². The fourth-order valence-corrected chi connectivity index (χ4v) is 1.88. The zero-order valence-electron chi connectivity index (χ0n) is 9.73. The van der Waals surface area contributed by atoms with Gasteiger partial charge in [-0.15, -0.1) is 6.58 Å². The molecule has 0 fully saturated rings. The van der Waals surface area contributed by atoms with Crippen molar-refractivity contribution in [3.05, 3.63) is 58.4 Å². The third-order valence-corrected chi connectivity index (χ3v) is 2.78. The van der Waals surface area contributed by atoms with Gasteiger partial charge in [-0.2, -0.15) is 0 Å². The SMILES string of the molecule is C=CCC(O)c1cc2cc(C)ccc2[nH]c1=O. The van der Waals surface area contributed by atoms with E-state index in [-0.39, 0.29) is 5.56 Å². The molecule has 0 radical (unpaired) electrons. The first-order chi connectivity index (χ1) is 8.11. The van der Waals surface area contributed by atoms with E-state index in [9.17, 15) is 9.90 Å². The summed E-state index contributed by atoms with van der Waals surface area (Å²) < 4.78 is 0. The van der Waals surface area contributed by atoms with Crippen LogP contribution >= 0.6 is 0 Å². The highest BCUT2D eigenvalue weighted by Crippen LogP contribution is 2.18. The van der Waals surface area contributed by atoms with Crippen LogP contribution < -0.4 is 5.56 Å². The van der Waals surface area contributed by atoms with Gasteiger partial charge in [-0.25, -0.2) is 0 Å². The van der Waals surface area contributed by atoms with E-state index >= 15 is 0 Å². The average molecular weight is 229 g/mol. The van der Waals surface area contributed by atoms with Gasteiger partial charge in [0.1, 0.15) is 0 Å². The molecule has 0 aliphatic heterocycles. The zero-order chi connectivity index (χ0) is 12.4. The predicted octanol–water partition coefficient (Wildman–Crippen LogP) is 2.45. The van der Waals surface area contributed by atoms with Gasteiger partial charge in [-0.05, 0) is 36.9 Å². The number of benzene rings is 1. The Labute approximate surface area is 99.4 Å². The van der Waals surface area contributed by atoms with Crippen LogP contribution in [0.25, 0.3) is 10.9 Å². The minimum atomic E-state index is -0.791. The second-order valence-corrected chi connectivity index (χ2v) is 4.18. The standard InChI is InChI=1S/C14H15NO2/c1-3-4-13(16)11-8-10-7-9(2)5-6-12(10)15-14(11)17/h3,5-8,13,16H,1,4H2,2H3,(H,15,17). The Morgan fingerprint density at radius 2 is 2.24 bits per heavy atom. The first-order valence-corrected chi connectivity index (χ1v) is 5.54. The molecule has 0 saturated carbocycles. The number of aromatic amines is 1. The molecule has 0 spiro atoms. The quantitative estimate of drug-likeness (QED) is 0.794. The number of H-pyrrole nitrogens is 1. The number of rotatable bonds is 3. The van der Waals surface area contributed by atoms with Gasteiger partial charge in [0, 0.05) is 11.1 Å². The zero-order valence-corrected chi connectivity index (χ0v) is 9.73. The van der Waals surface area contributed by atoms with Gasteiger partial charge >= 0.3 is 0 Å². The molecule has 17 heavy (non-hydrogen) atoms. The van der Waals surface area contributed by atoms with Crippen molar-refractivity contribution in [2.75, 3.05) is 0 Å². The van der Waals surface area contributed by atoms with Crippen molar-refractivity contribution in [2.45, 2.75) is 19.4 Å². The molecule has 2 N–H and O–H groups in total. The first-order valence-electron chi connectivity index (χ1n) is 5.54. The smallest absolute Gasteiger partial charge is 0.254 e. The molecule has 1 unspecified atom stereocenters. The molecule has 88 valence electrons. The molecule has 1 atom stereocenters. The van der Waals surface area contributed by atoms with Crippen LogP contribution in [0.15, 0.2) is 41.7 Å². The normalized spacial score (nSPS) is 12.6. The monoisotopic (exact) mass is 229 g/mol. The lowest BCUT2D eigenvalue weighted by atomic mass is 10.0. The van der Waals surface area contributed by atoms with Crippen molar-refractivity contribution >= 4 is 10.9 Å². The van der Waals surface area contributed by atoms with E-state index in [1.807, 2.05) is 25.1 Å². The van der Waals surface area contributed by atoms with Gasteiger partial charge in [0.15, 0.2) is 0 Å². The van der Waals surface area contributed by atoms with E-state index in [1.165, 1.54) is 0 Å². The summed E-state index contributed by atoms with van der Waals surface area (Å²) in [5, 5.41) is 10.8. The van der Waals surface area contributed by atoms with Gasteiger partial charge in [0.05, 0.1) is 6.10 Å². The fourth-order valence-electron chi connectivity index (χ4n) is 1.88. The van der Waals surface area contributed by atoms with Gasteiger partial charge in [0.25, 0.3) is 5.56 Å². The van der Waals surface area contributed by atoms with Crippen molar-refractivity contribution in [2.24, 2.45) is 0 Å². The van der Waals surface area contributed by atoms with E-state index in [4.69, 9.17) is 0 Å². The minimum Gasteiger partial charge on any atom is -0.388 e. The summed E-state index contributed by atoms with van der Waals surface area (Å²) in [6.07, 6.45) is 1.19. The molecule has 0 bridgehead atoms. The molecule has 2 rings (SSSR count). The highest BCUT2D eigenvalue weighted by molar-refractivity contribution is 5.79. The number of pyridine rings is 1. The predicted molar refractivity (Wildman–Crippen MR) is 69.1 cm³/mol. The van der Waals surface area contributed by atoms with Gasteiger partial charge in [-0.3, -0.25) is 4.79 Å². The minimum absolute atomic E-state index is 0.240. The lowest BCUT2D eigenvalue weighted by Crippen LogP contribution is -2.15. The number of hydrogen-bond donors (Lipinski definition) is 2. The van der Waals surface area contributed by atoms with Crippen molar-refractivity contribution in [3.8, 4) is 0 Å². The van der Waals surface area contributed by atoms with Crippen LogP contribution in [0.5, 0.6) is 0 Å². The van der Waals surface area contributed by atoms with Gasteiger partial charge in [-0.1, -0.05) is 17.7 Å². The first kappa shape index (κ1) is 11.6. The molecular formula is C14H15NO2. The molecule has 3 nitrogen and oxygen atoms in total. The van der Waals surface area contributed by atoms with Crippen LogP contribution in [-0.4, -0.2) is 10.1 Å². The summed E-state index contributed by atoms with van der Waals surface area (Å²) >= 11 is 0. The molecular weight excluding hydrogens is 214 g/mol. The third kappa shape index (κ3) is 2.29. The lowest BCUT2D eigenvalue weighted by molar-refractivity contribution is 0.180. The Balaban J connectivity index is 2.61. The number of aromatic nitrogens is 1. The largest absolute Gasteiger partial charge is 0.388 e. The average Bonchev–Trinajstić information content (AvgIpc) is 2.29. The van der Waals surface area contributed by atoms with Crippen LogP contribution in [0.4, 0.5) is 0 Å². The highest BCUT2D eigenvalue weighted by atomic mass is 16.3. The van der Waals surface area contributed by atoms with E-state index in [0.29, 0.717) is 12.0 Å². The van der Waals surface area contributed by atoms with Gasteiger partial charge < -0.3 is 10.1 Å². The van der Waals surface area contributed by atoms with Crippen LogP contribution in [0.3, 0.4) is 0 Å². The lowest BCUT2D eigenvalue weighted by Gasteiger charge is -2.08. The Morgan fingerprint density at radius 3 is 2.94 bits per heavy atom. The number of hydrogen-bond acceptors (Lipinski definition) is 2. The molecule has 1 aromatic carbocycles. The molecule has 2 aromatic rings. The van der Waals surface area contributed by atoms with E-state index in [0.717, 1.165) is 16.5 Å². The van der Waals surface area contributed by atoms with Crippen LogP contribution in [0, 0.1) is 6.92 Å². The topological polar surface area (TPSA) is 53.1 Å². The highest BCUT2D eigenvalue weighted by Gasteiger charge is 2.11. The van der Waals surface area contributed by atoms with Crippen molar-refractivity contribution < 1.29 is 5.11 Å². The number of nitrogens with one attached hydrogen (secondary N) is 1. The van der Waals surface area contributed by atoms with Crippen LogP contribution in [-0.2, 0) is 0 Å². The fraction of sp³-hybridized carbons (Fsp3) is 0.214. The van der Waals surface area contributed by atoms with Gasteiger partial charge in [0.2, 0.25) is 0 Å². The van der Waals surface area contributed by atoms with Crippen molar-refractivity contribution in [3.63, 3.8) is 0 Å². The van der Waals surface area contributed by atoms with E-state index < -0.39 is 6.10 Å². The molecule has 1 aromatic heterocycles. The maximum atomic E-state index is 11.8. The van der Waals surface area contributed by atoms with Crippen LogP contribution in [0.1, 0.15) is 23.7 Å². The summed E-state index contributed by atoms with van der Waals surface area (Å²) in [5.41, 5.74) is 2.06. The molecule has 0 aliphatic carbocycles. The van der Waals surface area contributed by atoms with Crippen molar-refractivity contribution in [1.82, 2.24) is 4.98 Å². The maximum Gasteiger partial charge on any atom is 0.254 e. The molecule has 0 amide bonds. The summed E-state index contributed by atoms with van der Waals surface area (Å²) in [6.45, 7) is 5.55.